The lowest BCUT2D eigenvalue weighted by molar-refractivity contribution is 0.324. The zero-order valence-electron chi connectivity index (χ0n) is 19.9. The van der Waals surface area contributed by atoms with Crippen LogP contribution in [0, 0.1) is 0 Å². The normalized spacial score (nSPS) is 11.4. The Bertz CT molecular complexity index is 1250. The van der Waals surface area contributed by atoms with Gasteiger partial charge in [-0.1, -0.05) is 13.8 Å². The summed E-state index contributed by atoms with van der Waals surface area (Å²) in [4.78, 5) is 14.0. The van der Waals surface area contributed by atoms with Crippen LogP contribution in [-0.4, -0.2) is 50.6 Å². The maximum absolute atomic E-state index is 5.47. The molecule has 1 N–H and O–H groups in total. The Morgan fingerprint density at radius 1 is 0.939 bits per heavy atom. The summed E-state index contributed by atoms with van der Waals surface area (Å²) in [6.07, 6.45) is 5.37. The summed E-state index contributed by atoms with van der Waals surface area (Å²) in [5.74, 6) is 3.89. The Balaban J connectivity index is 1.73. The van der Waals surface area contributed by atoms with Crippen LogP contribution in [0.4, 0.5) is 11.6 Å². The van der Waals surface area contributed by atoms with E-state index in [-0.39, 0.29) is 12.0 Å². The number of fused-ring (bicyclic) bond motifs is 1. The molecule has 0 aliphatic heterocycles. The third kappa shape index (κ3) is 4.15. The Labute approximate surface area is 192 Å². The van der Waals surface area contributed by atoms with Crippen LogP contribution in [0.25, 0.3) is 16.7 Å². The fraction of sp³-hybridized carbons (Fsp3) is 0.391. The van der Waals surface area contributed by atoms with Crippen molar-refractivity contribution in [3.05, 3.63) is 36.7 Å². The fourth-order valence-corrected chi connectivity index (χ4v) is 3.54. The summed E-state index contributed by atoms with van der Waals surface area (Å²) in [5, 5.41) is 8.70. The first-order valence-corrected chi connectivity index (χ1v) is 10.7. The van der Waals surface area contributed by atoms with E-state index < -0.39 is 0 Å². The molecule has 0 aliphatic rings. The van der Waals surface area contributed by atoms with Crippen LogP contribution in [0.1, 0.15) is 45.5 Å². The summed E-state index contributed by atoms with van der Waals surface area (Å²) in [5.41, 5.74) is 1.61. The first-order valence-electron chi connectivity index (χ1n) is 10.7. The van der Waals surface area contributed by atoms with E-state index in [1.54, 1.807) is 33.9 Å². The summed E-state index contributed by atoms with van der Waals surface area (Å²) in [6.45, 7) is 8.30. The van der Waals surface area contributed by atoms with E-state index >= 15 is 0 Å². The minimum Gasteiger partial charge on any atom is -0.493 e. The van der Waals surface area contributed by atoms with Gasteiger partial charge in [0.1, 0.15) is 23.8 Å². The number of aromatic nitrogens is 6. The molecule has 4 rings (SSSR count). The van der Waals surface area contributed by atoms with E-state index in [0.717, 1.165) is 22.5 Å². The third-order valence-corrected chi connectivity index (χ3v) is 5.25. The van der Waals surface area contributed by atoms with Gasteiger partial charge in [0.25, 0.3) is 0 Å². The van der Waals surface area contributed by atoms with Crippen LogP contribution in [-0.2, 0) is 0 Å². The lowest BCUT2D eigenvalue weighted by atomic mass is 10.2. The lowest BCUT2D eigenvalue weighted by Crippen LogP contribution is -2.07. The highest BCUT2D eigenvalue weighted by Crippen LogP contribution is 2.39. The Morgan fingerprint density at radius 2 is 1.64 bits per heavy atom. The maximum Gasteiger partial charge on any atom is 0.203 e. The standard InChI is InChI=1S/C23H29N7O3/c1-13(2)21-27-22(16-10-25-30(14(3)4)23(16)28-21)26-19-11-29(12-24-19)15-8-17(31-5)20(33-7)18(9-15)32-6/h8-14H,1-7H3,(H,26,27,28). The van der Waals surface area contributed by atoms with Gasteiger partial charge in [0.2, 0.25) is 5.75 Å². The lowest BCUT2D eigenvalue weighted by Gasteiger charge is -2.14. The number of hydrogen-bond donors (Lipinski definition) is 1. The van der Waals surface area contributed by atoms with Crippen molar-refractivity contribution in [2.75, 3.05) is 26.6 Å². The quantitative estimate of drug-likeness (QED) is 0.418. The van der Waals surface area contributed by atoms with Gasteiger partial charge in [0.15, 0.2) is 17.1 Å². The number of rotatable bonds is 8. The monoisotopic (exact) mass is 451 g/mol. The van der Waals surface area contributed by atoms with Gasteiger partial charge < -0.3 is 24.1 Å². The molecule has 0 bridgehead atoms. The number of ether oxygens (including phenoxy) is 3. The molecule has 0 spiro atoms. The third-order valence-electron chi connectivity index (χ3n) is 5.25. The van der Waals surface area contributed by atoms with Gasteiger partial charge in [-0.25, -0.2) is 19.6 Å². The maximum atomic E-state index is 5.47. The number of nitrogens with one attached hydrogen (secondary N) is 1. The SMILES string of the molecule is COc1cc(-n2cnc(Nc3nc(C(C)C)nc4c3cnn4C(C)C)c2)cc(OC)c1OC. The van der Waals surface area contributed by atoms with Crippen molar-refractivity contribution in [2.45, 2.75) is 39.7 Å². The fourth-order valence-electron chi connectivity index (χ4n) is 3.54. The van der Waals surface area contributed by atoms with Crippen LogP contribution in [0.15, 0.2) is 30.9 Å². The van der Waals surface area contributed by atoms with Gasteiger partial charge in [0.05, 0.1) is 44.8 Å². The summed E-state index contributed by atoms with van der Waals surface area (Å²) >= 11 is 0. The van der Waals surface area contributed by atoms with Crippen LogP contribution in [0.2, 0.25) is 0 Å². The second kappa shape index (κ2) is 8.97. The summed E-state index contributed by atoms with van der Waals surface area (Å²) < 4.78 is 20.1. The van der Waals surface area contributed by atoms with Gasteiger partial charge in [-0.05, 0) is 13.8 Å². The molecule has 0 atom stereocenters. The molecule has 10 heteroatoms. The van der Waals surface area contributed by atoms with Crippen molar-refractivity contribution in [1.29, 1.82) is 0 Å². The van der Waals surface area contributed by atoms with E-state index in [2.05, 4.69) is 43.1 Å². The number of benzene rings is 1. The zero-order valence-corrected chi connectivity index (χ0v) is 19.9. The molecule has 4 aromatic rings. The second-order valence-electron chi connectivity index (χ2n) is 8.18. The summed E-state index contributed by atoms with van der Waals surface area (Å²) in [7, 11) is 4.76. The Morgan fingerprint density at radius 3 is 2.21 bits per heavy atom. The van der Waals surface area contributed by atoms with Gasteiger partial charge in [-0.2, -0.15) is 5.10 Å². The van der Waals surface area contributed by atoms with Crippen molar-refractivity contribution in [3.8, 4) is 22.9 Å². The van der Waals surface area contributed by atoms with Crippen LogP contribution in [0.5, 0.6) is 17.2 Å². The van der Waals surface area contributed by atoms with Crippen molar-refractivity contribution in [1.82, 2.24) is 29.3 Å². The Hall–Kier alpha value is -3.82. The molecule has 10 nitrogen and oxygen atoms in total. The largest absolute Gasteiger partial charge is 0.493 e. The highest BCUT2D eigenvalue weighted by atomic mass is 16.5. The molecule has 1 aromatic carbocycles. The minimum atomic E-state index is 0.169. The molecular formula is C23H29N7O3. The van der Waals surface area contributed by atoms with Gasteiger partial charge in [-0.3, -0.25) is 0 Å². The van der Waals surface area contributed by atoms with Crippen molar-refractivity contribution in [2.24, 2.45) is 0 Å². The predicted molar refractivity (Wildman–Crippen MR) is 126 cm³/mol. The molecule has 0 saturated carbocycles. The molecule has 174 valence electrons. The number of hydrogen-bond acceptors (Lipinski definition) is 8. The molecule has 0 fully saturated rings. The predicted octanol–water partition coefficient (Wildman–Crippen LogP) is 4.49. The van der Waals surface area contributed by atoms with Crippen molar-refractivity contribution in [3.63, 3.8) is 0 Å². The number of anilines is 2. The molecule has 3 heterocycles. The van der Waals surface area contributed by atoms with E-state index in [1.807, 2.05) is 27.6 Å². The van der Waals surface area contributed by atoms with Crippen LogP contribution in [0.3, 0.4) is 0 Å². The van der Waals surface area contributed by atoms with Crippen molar-refractivity contribution >= 4 is 22.7 Å². The molecule has 3 aromatic heterocycles. The molecule has 0 amide bonds. The number of imidazole rings is 1. The topological polar surface area (TPSA) is 101 Å². The van der Waals surface area contributed by atoms with Crippen molar-refractivity contribution < 1.29 is 14.2 Å². The van der Waals surface area contributed by atoms with E-state index in [0.29, 0.717) is 28.9 Å². The van der Waals surface area contributed by atoms with Crippen LogP contribution < -0.4 is 19.5 Å². The average Bonchev–Trinajstić information content (AvgIpc) is 3.45. The van der Waals surface area contributed by atoms with E-state index in [1.165, 1.54) is 0 Å². The zero-order chi connectivity index (χ0) is 23.7. The smallest absolute Gasteiger partial charge is 0.203 e. The average molecular weight is 452 g/mol. The molecule has 0 saturated heterocycles. The van der Waals surface area contributed by atoms with E-state index in [4.69, 9.17) is 24.2 Å². The summed E-state index contributed by atoms with van der Waals surface area (Å²) in [6, 6.07) is 3.91. The minimum absolute atomic E-state index is 0.169. The molecule has 33 heavy (non-hydrogen) atoms. The molecule has 0 unspecified atom stereocenters. The van der Waals surface area contributed by atoms with Gasteiger partial charge in [-0.15, -0.1) is 0 Å². The van der Waals surface area contributed by atoms with Gasteiger partial charge >= 0.3 is 0 Å². The van der Waals surface area contributed by atoms with E-state index in [9.17, 15) is 0 Å². The highest BCUT2D eigenvalue weighted by Gasteiger charge is 2.18. The van der Waals surface area contributed by atoms with Gasteiger partial charge in [0, 0.05) is 24.1 Å². The first-order chi connectivity index (χ1) is 15.9. The first kappa shape index (κ1) is 22.4. The van der Waals surface area contributed by atoms with Crippen LogP contribution >= 0.6 is 0 Å². The Kier molecular flexibility index (Phi) is 6.08. The number of nitrogens with zero attached hydrogens (tertiary/aromatic N) is 6. The molecule has 0 radical (unpaired) electrons. The molecular weight excluding hydrogens is 422 g/mol. The highest BCUT2D eigenvalue weighted by molar-refractivity contribution is 5.88. The second-order valence-corrected chi connectivity index (χ2v) is 8.18. The molecule has 0 aliphatic carbocycles. The number of methoxy groups -OCH3 is 3.